The van der Waals surface area contributed by atoms with Gasteiger partial charge in [-0.05, 0) is 43.2 Å². The Kier molecular flexibility index (Phi) is 6.01. The van der Waals surface area contributed by atoms with Crippen molar-refractivity contribution < 1.29 is 22.9 Å². The molecule has 9 heteroatoms. The number of nitrogens with zero attached hydrogens (tertiary/aromatic N) is 3. The lowest BCUT2D eigenvalue weighted by Gasteiger charge is -2.30. The predicted molar refractivity (Wildman–Crippen MR) is 107 cm³/mol. The monoisotopic (exact) mass is 426 g/mol. The van der Waals surface area contributed by atoms with Crippen LogP contribution in [0.5, 0.6) is 0 Å². The van der Waals surface area contributed by atoms with E-state index in [4.69, 9.17) is 4.52 Å². The number of halogens is 2. The van der Waals surface area contributed by atoms with Crippen molar-refractivity contribution in [3.8, 4) is 11.4 Å². The summed E-state index contributed by atoms with van der Waals surface area (Å²) in [6.45, 7) is 0.917. The zero-order valence-electron chi connectivity index (χ0n) is 16.6. The average Bonchev–Trinajstić information content (AvgIpc) is 3.30. The first-order chi connectivity index (χ1) is 15.0. The maximum Gasteiger partial charge on any atom is 0.251 e. The number of piperidine rings is 1. The molecule has 1 saturated heterocycles. The molecule has 0 bridgehead atoms. The standard InChI is InChI=1S/C22H20F2N4O3/c23-17-7-6-16(12-18(17)24)20-26-22(31-27-20)15-8-10-28(11-9-15)19(29)13-25-21(30)14-4-2-1-3-5-14/h1-7,12,15H,8-11,13H2,(H,25,30). The molecule has 0 spiro atoms. The SMILES string of the molecule is O=C(NCC(=O)N1CCC(c2nc(-c3ccc(F)c(F)c3)no2)CC1)c1ccccc1. The second-order valence-corrected chi connectivity index (χ2v) is 7.29. The van der Waals surface area contributed by atoms with Crippen LogP contribution in [-0.4, -0.2) is 46.5 Å². The van der Waals surface area contributed by atoms with Gasteiger partial charge in [0, 0.05) is 30.1 Å². The number of benzene rings is 2. The van der Waals surface area contributed by atoms with Crippen molar-refractivity contribution in [1.29, 1.82) is 0 Å². The van der Waals surface area contributed by atoms with Gasteiger partial charge >= 0.3 is 0 Å². The van der Waals surface area contributed by atoms with Crippen molar-refractivity contribution in [3.63, 3.8) is 0 Å². The van der Waals surface area contributed by atoms with Gasteiger partial charge in [-0.1, -0.05) is 23.4 Å². The molecule has 2 aromatic carbocycles. The number of carbonyl (C=O) groups excluding carboxylic acids is 2. The Morgan fingerprint density at radius 2 is 1.81 bits per heavy atom. The zero-order valence-corrected chi connectivity index (χ0v) is 16.6. The zero-order chi connectivity index (χ0) is 21.8. The van der Waals surface area contributed by atoms with E-state index >= 15 is 0 Å². The number of amides is 2. The summed E-state index contributed by atoms with van der Waals surface area (Å²) in [7, 11) is 0. The second kappa shape index (κ2) is 9.03. The van der Waals surface area contributed by atoms with Gasteiger partial charge in [-0.15, -0.1) is 0 Å². The summed E-state index contributed by atoms with van der Waals surface area (Å²) in [6, 6.07) is 12.1. The maximum atomic E-state index is 13.4. The Labute approximate surface area is 177 Å². The number of likely N-dealkylation sites (tertiary alicyclic amines) is 1. The van der Waals surface area contributed by atoms with Gasteiger partial charge in [0.1, 0.15) is 0 Å². The minimum absolute atomic E-state index is 0.0329. The summed E-state index contributed by atoms with van der Waals surface area (Å²) in [5.41, 5.74) is 0.831. The van der Waals surface area contributed by atoms with Crippen molar-refractivity contribution in [3.05, 3.63) is 71.6 Å². The molecule has 1 fully saturated rings. The largest absolute Gasteiger partial charge is 0.343 e. The summed E-state index contributed by atoms with van der Waals surface area (Å²) < 4.78 is 31.8. The first-order valence-electron chi connectivity index (χ1n) is 9.91. The van der Waals surface area contributed by atoms with Crippen LogP contribution in [0.3, 0.4) is 0 Å². The van der Waals surface area contributed by atoms with Gasteiger partial charge in [0.2, 0.25) is 17.6 Å². The Bertz CT molecular complexity index is 1080. The molecule has 0 atom stereocenters. The van der Waals surface area contributed by atoms with Crippen LogP contribution in [0.25, 0.3) is 11.4 Å². The van der Waals surface area contributed by atoms with Crippen LogP contribution in [0.15, 0.2) is 53.1 Å². The molecule has 0 aliphatic carbocycles. The van der Waals surface area contributed by atoms with E-state index in [9.17, 15) is 18.4 Å². The average molecular weight is 426 g/mol. The first-order valence-corrected chi connectivity index (χ1v) is 9.91. The van der Waals surface area contributed by atoms with Crippen LogP contribution in [0.2, 0.25) is 0 Å². The third kappa shape index (κ3) is 4.76. The fourth-order valence-electron chi connectivity index (χ4n) is 3.49. The molecule has 2 amide bonds. The van der Waals surface area contributed by atoms with Gasteiger partial charge in [0.05, 0.1) is 6.54 Å². The molecule has 7 nitrogen and oxygen atoms in total. The number of aromatic nitrogens is 2. The molecule has 0 radical (unpaired) electrons. The smallest absolute Gasteiger partial charge is 0.251 e. The molecule has 1 aliphatic rings. The fraction of sp³-hybridized carbons (Fsp3) is 0.273. The van der Waals surface area contributed by atoms with Gasteiger partial charge in [-0.2, -0.15) is 4.98 Å². The lowest BCUT2D eigenvalue weighted by atomic mass is 9.96. The van der Waals surface area contributed by atoms with E-state index in [1.165, 1.54) is 6.07 Å². The summed E-state index contributed by atoms with van der Waals surface area (Å²) in [6.07, 6.45) is 1.25. The van der Waals surface area contributed by atoms with Crippen LogP contribution in [0.4, 0.5) is 8.78 Å². The first kappa shape index (κ1) is 20.6. The summed E-state index contributed by atoms with van der Waals surface area (Å²) in [4.78, 5) is 30.5. The minimum Gasteiger partial charge on any atom is -0.343 e. The lowest BCUT2D eigenvalue weighted by Crippen LogP contribution is -2.43. The van der Waals surface area contributed by atoms with E-state index in [1.807, 2.05) is 6.07 Å². The van der Waals surface area contributed by atoms with E-state index in [2.05, 4.69) is 15.5 Å². The van der Waals surface area contributed by atoms with Gasteiger partial charge < -0.3 is 14.7 Å². The molecule has 160 valence electrons. The third-order valence-electron chi connectivity index (χ3n) is 5.25. The highest BCUT2D eigenvalue weighted by Crippen LogP contribution is 2.29. The maximum absolute atomic E-state index is 13.4. The quantitative estimate of drug-likeness (QED) is 0.677. The van der Waals surface area contributed by atoms with Crippen molar-refractivity contribution in [1.82, 2.24) is 20.4 Å². The lowest BCUT2D eigenvalue weighted by molar-refractivity contribution is -0.131. The van der Waals surface area contributed by atoms with E-state index in [0.29, 0.717) is 42.9 Å². The Morgan fingerprint density at radius 3 is 2.52 bits per heavy atom. The molecule has 1 aromatic heterocycles. The van der Waals surface area contributed by atoms with Crippen LogP contribution in [-0.2, 0) is 4.79 Å². The highest BCUT2D eigenvalue weighted by Gasteiger charge is 2.28. The van der Waals surface area contributed by atoms with Crippen LogP contribution >= 0.6 is 0 Å². The second-order valence-electron chi connectivity index (χ2n) is 7.29. The van der Waals surface area contributed by atoms with Crippen LogP contribution in [0, 0.1) is 11.6 Å². The highest BCUT2D eigenvalue weighted by molar-refractivity contribution is 5.96. The molecular weight excluding hydrogens is 406 g/mol. The van der Waals surface area contributed by atoms with Crippen molar-refractivity contribution >= 4 is 11.8 Å². The summed E-state index contributed by atoms with van der Waals surface area (Å²) >= 11 is 0. The van der Waals surface area contributed by atoms with Gasteiger partial charge in [-0.25, -0.2) is 8.78 Å². The van der Waals surface area contributed by atoms with E-state index in [1.54, 1.807) is 29.2 Å². The van der Waals surface area contributed by atoms with Gasteiger partial charge in [0.15, 0.2) is 11.6 Å². The fourth-order valence-corrected chi connectivity index (χ4v) is 3.49. The molecule has 1 N–H and O–H groups in total. The van der Waals surface area contributed by atoms with Crippen LogP contribution in [0.1, 0.15) is 35.0 Å². The topological polar surface area (TPSA) is 88.3 Å². The minimum atomic E-state index is -0.977. The van der Waals surface area contributed by atoms with Gasteiger partial charge in [0.25, 0.3) is 5.91 Å². The van der Waals surface area contributed by atoms with Crippen molar-refractivity contribution in [2.45, 2.75) is 18.8 Å². The molecule has 1 aliphatic heterocycles. The number of hydrogen-bond acceptors (Lipinski definition) is 5. The van der Waals surface area contributed by atoms with Crippen LogP contribution < -0.4 is 5.32 Å². The molecule has 31 heavy (non-hydrogen) atoms. The molecule has 0 saturated carbocycles. The molecule has 3 aromatic rings. The number of rotatable bonds is 5. The summed E-state index contributed by atoms with van der Waals surface area (Å²) in [5.74, 6) is -1.80. The normalized spacial score (nSPS) is 14.5. The highest BCUT2D eigenvalue weighted by atomic mass is 19.2. The number of nitrogens with one attached hydrogen (secondary N) is 1. The van der Waals surface area contributed by atoms with E-state index in [-0.39, 0.29) is 30.1 Å². The van der Waals surface area contributed by atoms with Crippen molar-refractivity contribution in [2.75, 3.05) is 19.6 Å². The number of carbonyl (C=O) groups is 2. The molecule has 0 unspecified atom stereocenters. The van der Waals surface area contributed by atoms with E-state index < -0.39 is 11.6 Å². The van der Waals surface area contributed by atoms with E-state index in [0.717, 1.165) is 12.1 Å². The Hall–Kier alpha value is -3.62. The van der Waals surface area contributed by atoms with Gasteiger partial charge in [-0.3, -0.25) is 9.59 Å². The predicted octanol–water partition coefficient (Wildman–Crippen LogP) is 3.15. The number of hydrogen-bond donors (Lipinski definition) is 1. The molecule has 2 heterocycles. The molecular formula is C22H20F2N4O3. The Balaban J connectivity index is 1.29. The summed E-state index contributed by atoms with van der Waals surface area (Å²) in [5, 5.41) is 6.50. The third-order valence-corrected chi connectivity index (χ3v) is 5.25. The Morgan fingerprint density at radius 1 is 1.06 bits per heavy atom. The van der Waals surface area contributed by atoms with Crippen molar-refractivity contribution in [2.24, 2.45) is 0 Å². The molecule has 4 rings (SSSR count).